The molecule has 270 valence electrons. The van der Waals surface area contributed by atoms with Crippen LogP contribution in [0.25, 0.3) is 0 Å². The van der Waals surface area contributed by atoms with Gasteiger partial charge in [-0.3, -0.25) is 24.2 Å². The smallest absolute Gasteiger partial charge is 0.341 e. The molecular formula is C34H34N2O15. The first-order valence-electron chi connectivity index (χ1n) is 15.7. The van der Waals surface area contributed by atoms with Gasteiger partial charge in [0.05, 0.1) is 42.6 Å². The number of benzene rings is 2. The molecule has 17 heteroatoms. The Morgan fingerprint density at radius 2 is 1.63 bits per heavy atom. The molecule has 5 unspecified atom stereocenters. The van der Waals surface area contributed by atoms with Gasteiger partial charge in [-0.1, -0.05) is 11.2 Å². The monoisotopic (exact) mass is 710 g/mol. The first kappa shape index (κ1) is 36.0. The Morgan fingerprint density at radius 1 is 0.961 bits per heavy atom. The summed E-state index contributed by atoms with van der Waals surface area (Å²) < 4.78 is 26.9. The lowest BCUT2D eigenvalue weighted by atomic mass is 9.56. The molecule has 4 aliphatic rings. The van der Waals surface area contributed by atoms with Gasteiger partial charge < -0.3 is 44.1 Å². The maximum absolute atomic E-state index is 14.6. The van der Waals surface area contributed by atoms with E-state index in [1.54, 1.807) is 6.92 Å². The lowest BCUT2D eigenvalue weighted by Gasteiger charge is -2.52. The number of carbonyl (C=O) groups is 5. The number of hydrogen-bond acceptors (Lipinski definition) is 17. The number of methoxy groups -OCH3 is 4. The fourth-order valence-electron chi connectivity index (χ4n) is 8.02. The first-order chi connectivity index (χ1) is 24.1. The Morgan fingerprint density at radius 3 is 2.22 bits per heavy atom. The summed E-state index contributed by atoms with van der Waals surface area (Å²) in [6.45, 7) is 3.02. The number of Topliss-reactive ketones (excluding diaryl/α,β-unsaturated/α-hetero) is 4. The number of carbonyl (C=O) groups excluding carboxylic acids is 5. The molecule has 0 bridgehead atoms. The fraction of sp³-hybridized carbons (Fsp3) is 0.471. The van der Waals surface area contributed by atoms with Gasteiger partial charge in [-0.05, 0) is 31.0 Å². The number of nitrogens with zero attached hydrogens (tertiary/aromatic N) is 2. The SMILES string of the molecule is COC(=O)c1c(C)cc2c(c1O)[C@]1(O)C(=O)c3cc4c(c(O)c3C(=O)[C@]1(OC)[C@H](O)C2)C(=O)CC(=NC1OC(C)C(OC)C(N=O)C1OC)C4=O. The number of aromatic hydroxyl groups is 2. The van der Waals surface area contributed by atoms with Gasteiger partial charge in [-0.15, -0.1) is 0 Å². The standard InChI is InChI=1S/C34H34N2O15/c1-11-7-13-8-18(38)34(50-6)30(43)21-15(29(42)33(34,45)22(13)26(41)19(11)32(44)49-5)9-14-20(25(21)40)17(37)10-16(24(14)39)35-31-28(48-4)23(36-46)27(47-3)12(2)51-31/h7,9,12,18,23,27-28,31,38,40-41,45H,8,10H2,1-6H3/t12?,18-,23?,27?,28?,31?,33+,34-/m1/s1. The molecule has 0 saturated carbocycles. The second kappa shape index (κ2) is 12.5. The van der Waals surface area contributed by atoms with Gasteiger partial charge in [0.2, 0.25) is 17.3 Å². The van der Waals surface area contributed by atoms with Crippen LogP contribution in [0.3, 0.4) is 0 Å². The number of aliphatic hydroxyl groups is 2. The number of aryl methyl sites for hydroxylation is 1. The number of phenols is 2. The molecule has 1 fully saturated rings. The molecule has 0 spiro atoms. The summed E-state index contributed by atoms with van der Waals surface area (Å²) in [5, 5.41) is 49.9. The summed E-state index contributed by atoms with van der Waals surface area (Å²) in [5.41, 5.74) is -10.2. The zero-order chi connectivity index (χ0) is 37.5. The van der Waals surface area contributed by atoms with E-state index in [-0.39, 0.29) is 11.1 Å². The highest BCUT2D eigenvalue weighted by Gasteiger charge is 2.72. The Hall–Kier alpha value is -4.78. The molecule has 17 nitrogen and oxygen atoms in total. The molecule has 0 amide bonds. The summed E-state index contributed by atoms with van der Waals surface area (Å²) in [7, 11) is 4.56. The van der Waals surface area contributed by atoms with Crippen molar-refractivity contribution in [3.63, 3.8) is 0 Å². The highest BCUT2D eigenvalue weighted by Crippen LogP contribution is 2.56. The van der Waals surface area contributed by atoms with Gasteiger partial charge in [0.1, 0.15) is 29.3 Å². The van der Waals surface area contributed by atoms with Crippen molar-refractivity contribution in [3.8, 4) is 11.5 Å². The number of aliphatic hydroxyl groups excluding tert-OH is 1. The highest BCUT2D eigenvalue weighted by atomic mass is 16.6. The maximum Gasteiger partial charge on any atom is 0.341 e. The summed E-state index contributed by atoms with van der Waals surface area (Å²) in [5.74, 6) is -7.65. The zero-order valence-electron chi connectivity index (χ0n) is 28.2. The van der Waals surface area contributed by atoms with E-state index < -0.39 is 140 Å². The van der Waals surface area contributed by atoms with E-state index in [9.17, 15) is 49.3 Å². The molecule has 1 aliphatic heterocycles. The molecule has 8 atom stereocenters. The van der Waals surface area contributed by atoms with Crippen molar-refractivity contribution in [2.24, 2.45) is 10.2 Å². The minimum Gasteiger partial charge on any atom is -0.507 e. The van der Waals surface area contributed by atoms with E-state index in [4.69, 9.17) is 23.7 Å². The van der Waals surface area contributed by atoms with Crippen LogP contribution in [0.15, 0.2) is 22.3 Å². The number of ether oxygens (including phenoxy) is 5. The molecule has 1 heterocycles. The Kier molecular flexibility index (Phi) is 8.81. The number of hydrogen-bond donors (Lipinski definition) is 4. The fourth-order valence-corrected chi connectivity index (χ4v) is 8.02. The minimum atomic E-state index is -3.24. The molecule has 2 aromatic rings. The third-order valence-electron chi connectivity index (χ3n) is 10.3. The number of ketones is 4. The second-order valence-electron chi connectivity index (χ2n) is 12.8. The number of fused-ring (bicyclic) bond motifs is 5. The predicted octanol–water partition coefficient (Wildman–Crippen LogP) is 0.882. The topological polar surface area (TPSA) is 254 Å². The van der Waals surface area contributed by atoms with Gasteiger partial charge in [0, 0.05) is 44.4 Å². The van der Waals surface area contributed by atoms with Crippen molar-refractivity contribution in [1.29, 1.82) is 0 Å². The second-order valence-corrected chi connectivity index (χ2v) is 12.8. The van der Waals surface area contributed by atoms with Crippen LogP contribution in [-0.2, 0) is 35.7 Å². The van der Waals surface area contributed by atoms with E-state index in [2.05, 4.69) is 10.2 Å². The highest BCUT2D eigenvalue weighted by molar-refractivity contribution is 6.53. The van der Waals surface area contributed by atoms with Crippen LogP contribution in [0, 0.1) is 11.8 Å². The summed E-state index contributed by atoms with van der Waals surface area (Å²) in [4.78, 5) is 85.3. The van der Waals surface area contributed by atoms with Crippen molar-refractivity contribution in [1.82, 2.24) is 0 Å². The average molecular weight is 711 g/mol. The largest absolute Gasteiger partial charge is 0.507 e. The maximum atomic E-state index is 14.6. The molecule has 3 aliphatic carbocycles. The van der Waals surface area contributed by atoms with Gasteiger partial charge in [-0.2, -0.15) is 4.91 Å². The third kappa shape index (κ3) is 4.62. The van der Waals surface area contributed by atoms with Crippen LogP contribution in [0.2, 0.25) is 0 Å². The third-order valence-corrected chi connectivity index (χ3v) is 10.3. The molecular weight excluding hydrogens is 676 g/mol. The van der Waals surface area contributed by atoms with Gasteiger partial charge in [-0.25, -0.2) is 4.79 Å². The Balaban J connectivity index is 1.55. The van der Waals surface area contributed by atoms with Crippen molar-refractivity contribution < 1.29 is 68.1 Å². The molecule has 0 radical (unpaired) electrons. The molecule has 51 heavy (non-hydrogen) atoms. The average Bonchev–Trinajstić information content (AvgIpc) is 3.08. The normalized spacial score (nSPS) is 32.2. The number of nitroso groups, excluding NO2 is 1. The van der Waals surface area contributed by atoms with Crippen LogP contribution in [0.4, 0.5) is 0 Å². The van der Waals surface area contributed by atoms with Crippen molar-refractivity contribution in [2.45, 2.75) is 74.6 Å². The number of rotatable bonds is 6. The minimum absolute atomic E-state index is 0.0129. The van der Waals surface area contributed by atoms with Crippen LogP contribution < -0.4 is 0 Å². The molecule has 2 aromatic carbocycles. The number of aliphatic imine (C=N–C) groups is 1. The van der Waals surface area contributed by atoms with Crippen LogP contribution in [0.1, 0.15) is 81.8 Å². The summed E-state index contributed by atoms with van der Waals surface area (Å²) >= 11 is 0. The van der Waals surface area contributed by atoms with Gasteiger partial charge in [0.25, 0.3) is 0 Å². The van der Waals surface area contributed by atoms with E-state index in [0.717, 1.165) is 20.3 Å². The quantitative estimate of drug-likeness (QED) is 0.240. The van der Waals surface area contributed by atoms with Crippen LogP contribution in [-0.4, -0.2) is 126 Å². The van der Waals surface area contributed by atoms with Crippen molar-refractivity contribution in [2.75, 3.05) is 28.4 Å². The van der Waals surface area contributed by atoms with E-state index in [0.29, 0.717) is 0 Å². The van der Waals surface area contributed by atoms with E-state index in [1.807, 2.05) is 0 Å². The summed E-state index contributed by atoms with van der Waals surface area (Å²) in [6, 6.07) is 1.04. The number of esters is 1. The van der Waals surface area contributed by atoms with Crippen LogP contribution >= 0.6 is 0 Å². The lowest BCUT2D eigenvalue weighted by molar-refractivity contribution is -0.184. The predicted molar refractivity (Wildman–Crippen MR) is 171 cm³/mol. The molecule has 0 aromatic heterocycles. The first-order valence-corrected chi connectivity index (χ1v) is 15.7. The zero-order valence-corrected chi connectivity index (χ0v) is 28.2. The molecule has 4 N–H and O–H groups in total. The van der Waals surface area contributed by atoms with Crippen molar-refractivity contribution in [3.05, 3.63) is 61.5 Å². The molecule has 1 saturated heterocycles. The lowest BCUT2D eigenvalue weighted by Crippen LogP contribution is -2.73. The Bertz CT molecular complexity index is 1970. The number of phenolic OH excluding ortho intramolecular Hbond substituents is 2. The molecule has 6 rings (SSSR count). The van der Waals surface area contributed by atoms with Gasteiger partial charge >= 0.3 is 5.97 Å². The van der Waals surface area contributed by atoms with E-state index >= 15 is 0 Å². The van der Waals surface area contributed by atoms with Crippen molar-refractivity contribution >= 4 is 34.8 Å². The van der Waals surface area contributed by atoms with Crippen LogP contribution in [0.5, 0.6) is 11.5 Å². The Labute approximate surface area is 289 Å². The summed E-state index contributed by atoms with van der Waals surface area (Å²) in [6.07, 6.45) is -7.16. The van der Waals surface area contributed by atoms with Gasteiger partial charge in [0.15, 0.2) is 29.3 Å². The van der Waals surface area contributed by atoms with E-state index in [1.165, 1.54) is 27.2 Å².